The highest BCUT2D eigenvalue weighted by Gasteiger charge is 2.37. The molecule has 0 bridgehead atoms. The first-order valence-electron chi connectivity index (χ1n) is 8.29. The zero-order valence-electron chi connectivity index (χ0n) is 14.2. The molecule has 0 spiro atoms. The molecule has 7 heteroatoms. The average molecular weight is 369 g/mol. The number of nitrogens with zero attached hydrogens (tertiary/aromatic N) is 1. The number of fused-ring (bicyclic) bond motifs is 4. The Kier molecular flexibility index (Phi) is 3.40. The number of thioether (sulfide) groups is 1. The number of methoxy groups -OCH3 is 1. The van der Waals surface area contributed by atoms with E-state index in [1.165, 1.54) is 0 Å². The van der Waals surface area contributed by atoms with E-state index in [1.54, 1.807) is 24.9 Å². The quantitative estimate of drug-likeness (QED) is 0.696. The molecular weight excluding hydrogens is 354 g/mol. The van der Waals surface area contributed by atoms with E-state index in [-0.39, 0.29) is 12.0 Å². The fraction of sp³-hybridized carbons (Fsp3) is 0.263. The van der Waals surface area contributed by atoms with Crippen molar-refractivity contribution in [3.05, 3.63) is 45.9 Å². The lowest BCUT2D eigenvalue weighted by molar-refractivity contribution is 0.174. The third kappa shape index (κ3) is 1.94. The van der Waals surface area contributed by atoms with Crippen LogP contribution in [-0.2, 0) is 0 Å². The summed E-state index contributed by atoms with van der Waals surface area (Å²) < 4.78 is 22.1. The second-order valence-corrected chi connectivity index (χ2v) is 7.40. The number of rotatable bonds is 3. The minimum atomic E-state index is -0.477. The topological polar surface area (TPSA) is 70.8 Å². The van der Waals surface area contributed by atoms with Crippen molar-refractivity contribution in [2.24, 2.45) is 0 Å². The molecular formula is C19H15NO5S. The molecule has 5 rings (SSSR count). The third-order valence-electron chi connectivity index (χ3n) is 4.77. The lowest BCUT2D eigenvalue weighted by Gasteiger charge is -2.28. The summed E-state index contributed by atoms with van der Waals surface area (Å²) in [5.41, 5.74) is 3.06. The summed E-state index contributed by atoms with van der Waals surface area (Å²) in [6, 6.07) is 7.59. The van der Waals surface area contributed by atoms with E-state index in [9.17, 15) is 4.79 Å². The molecule has 1 aliphatic heterocycles. The van der Waals surface area contributed by atoms with Gasteiger partial charge in [0.25, 0.3) is 0 Å². The molecule has 132 valence electrons. The van der Waals surface area contributed by atoms with E-state index < -0.39 is 5.63 Å². The van der Waals surface area contributed by atoms with Crippen LogP contribution >= 0.6 is 11.8 Å². The Hall–Kier alpha value is -2.67. The van der Waals surface area contributed by atoms with Crippen LogP contribution in [0.2, 0.25) is 0 Å². The van der Waals surface area contributed by atoms with Gasteiger partial charge in [-0.3, -0.25) is 0 Å². The van der Waals surface area contributed by atoms with Crippen LogP contribution in [0.3, 0.4) is 0 Å². The minimum Gasteiger partial charge on any atom is -0.496 e. The molecule has 0 fully saturated rings. The van der Waals surface area contributed by atoms with Crippen LogP contribution in [0.4, 0.5) is 0 Å². The molecule has 6 nitrogen and oxygen atoms in total. The van der Waals surface area contributed by atoms with Gasteiger partial charge < -0.3 is 18.7 Å². The maximum atomic E-state index is 12.4. The van der Waals surface area contributed by atoms with Gasteiger partial charge >= 0.3 is 5.63 Å². The van der Waals surface area contributed by atoms with E-state index in [1.807, 2.05) is 18.2 Å². The average Bonchev–Trinajstić information content (AvgIpc) is 3.13. The number of hydrogen-bond donors (Lipinski definition) is 0. The van der Waals surface area contributed by atoms with E-state index >= 15 is 0 Å². The lowest BCUT2D eigenvalue weighted by atomic mass is 9.85. The Labute approximate surface area is 153 Å². The van der Waals surface area contributed by atoms with Crippen LogP contribution in [0.5, 0.6) is 17.2 Å². The maximum absolute atomic E-state index is 12.4. The third-order valence-corrected chi connectivity index (χ3v) is 5.89. The molecule has 2 heterocycles. The largest absolute Gasteiger partial charge is 0.496 e. The number of hydrogen-bond acceptors (Lipinski definition) is 7. The Balaban J connectivity index is 2.00. The van der Waals surface area contributed by atoms with E-state index in [0.717, 1.165) is 39.3 Å². The molecule has 3 aromatic rings. The fourth-order valence-electron chi connectivity index (χ4n) is 3.77. The minimum absolute atomic E-state index is 0.0918. The van der Waals surface area contributed by atoms with Gasteiger partial charge in [-0.25, -0.2) is 4.79 Å². The van der Waals surface area contributed by atoms with Crippen LogP contribution in [0, 0.1) is 0 Å². The van der Waals surface area contributed by atoms with Crippen LogP contribution in [-0.4, -0.2) is 24.8 Å². The highest BCUT2D eigenvalue weighted by atomic mass is 32.2. The van der Waals surface area contributed by atoms with Crippen molar-refractivity contribution in [2.45, 2.75) is 12.2 Å². The Morgan fingerprint density at radius 1 is 1.35 bits per heavy atom. The standard InChI is InChI=1S/C19H15NO5S/c1-3-26-18-13-9(5-4-6-11(13)22-2)15-14-10(19(21)25-20-16(14)18)7-12-17(15)24-8-23-12/h4-7,18H,3,8H2,1-2H3. The van der Waals surface area contributed by atoms with Crippen molar-refractivity contribution in [1.29, 1.82) is 0 Å². The molecule has 1 aromatic heterocycles. The molecule has 26 heavy (non-hydrogen) atoms. The van der Waals surface area contributed by atoms with Crippen molar-refractivity contribution < 1.29 is 18.7 Å². The van der Waals surface area contributed by atoms with Gasteiger partial charge in [-0.05, 0) is 23.4 Å². The van der Waals surface area contributed by atoms with Crippen molar-refractivity contribution >= 4 is 22.5 Å². The second kappa shape index (κ2) is 5.67. The summed E-state index contributed by atoms with van der Waals surface area (Å²) in [6.07, 6.45) is 0. The molecule has 1 aliphatic carbocycles. The number of aromatic nitrogens is 1. The highest BCUT2D eigenvalue weighted by Crippen LogP contribution is 2.56. The second-order valence-electron chi connectivity index (χ2n) is 6.02. The monoisotopic (exact) mass is 369 g/mol. The molecule has 2 aliphatic rings. The summed E-state index contributed by atoms with van der Waals surface area (Å²) in [5.74, 6) is 2.84. The van der Waals surface area contributed by atoms with Crippen molar-refractivity contribution in [2.75, 3.05) is 19.7 Å². The molecule has 0 saturated heterocycles. The molecule has 0 radical (unpaired) electrons. The van der Waals surface area contributed by atoms with Crippen LogP contribution < -0.4 is 19.8 Å². The van der Waals surface area contributed by atoms with Gasteiger partial charge in [-0.1, -0.05) is 24.2 Å². The number of ether oxygens (including phenoxy) is 3. The highest BCUT2D eigenvalue weighted by molar-refractivity contribution is 7.99. The predicted molar refractivity (Wildman–Crippen MR) is 98.4 cm³/mol. The summed E-state index contributed by atoms with van der Waals surface area (Å²) in [6.45, 7) is 2.21. The Bertz CT molecular complexity index is 1110. The van der Waals surface area contributed by atoms with Crippen LogP contribution in [0.1, 0.15) is 23.4 Å². The first-order valence-corrected chi connectivity index (χ1v) is 9.34. The first-order chi connectivity index (χ1) is 12.7. The van der Waals surface area contributed by atoms with Crippen LogP contribution in [0.15, 0.2) is 33.6 Å². The van der Waals surface area contributed by atoms with Gasteiger partial charge in [0.1, 0.15) is 11.4 Å². The van der Waals surface area contributed by atoms with Crippen molar-refractivity contribution in [3.63, 3.8) is 0 Å². The van der Waals surface area contributed by atoms with Gasteiger partial charge in [0.05, 0.1) is 17.7 Å². The van der Waals surface area contributed by atoms with Gasteiger partial charge in [0, 0.05) is 16.5 Å². The fourth-order valence-corrected chi connectivity index (χ4v) is 4.83. The lowest BCUT2D eigenvalue weighted by Crippen LogP contribution is -2.14. The first kappa shape index (κ1) is 15.6. The molecule has 1 atom stereocenters. The molecule has 0 saturated carbocycles. The van der Waals surface area contributed by atoms with Crippen LogP contribution in [0.25, 0.3) is 21.9 Å². The normalized spacial score (nSPS) is 16.6. The van der Waals surface area contributed by atoms with Crippen molar-refractivity contribution in [1.82, 2.24) is 5.16 Å². The summed E-state index contributed by atoms with van der Waals surface area (Å²) in [7, 11) is 1.65. The maximum Gasteiger partial charge on any atom is 0.366 e. The van der Waals surface area contributed by atoms with Crippen molar-refractivity contribution in [3.8, 4) is 28.4 Å². The Morgan fingerprint density at radius 2 is 2.23 bits per heavy atom. The van der Waals surface area contributed by atoms with Gasteiger partial charge in [0.15, 0.2) is 11.5 Å². The zero-order chi connectivity index (χ0) is 17.8. The molecule has 2 aromatic carbocycles. The zero-order valence-corrected chi connectivity index (χ0v) is 15.0. The summed E-state index contributed by atoms with van der Waals surface area (Å²) >= 11 is 1.72. The van der Waals surface area contributed by atoms with E-state index in [0.29, 0.717) is 16.9 Å². The van der Waals surface area contributed by atoms with Gasteiger partial charge in [-0.15, -0.1) is 11.8 Å². The van der Waals surface area contributed by atoms with Gasteiger partial charge in [-0.2, -0.15) is 0 Å². The van der Waals surface area contributed by atoms with E-state index in [2.05, 4.69) is 12.1 Å². The molecule has 0 amide bonds. The number of benzene rings is 2. The predicted octanol–water partition coefficient (Wildman–Crippen LogP) is 3.75. The summed E-state index contributed by atoms with van der Waals surface area (Å²) in [5, 5.41) is 5.32. The molecule has 1 unspecified atom stereocenters. The SMILES string of the molecule is CCSC1c2c(OC)cccc2-c2c3c(cc4c(=O)onc1c24)OCO3. The van der Waals surface area contributed by atoms with E-state index in [4.69, 9.17) is 18.7 Å². The smallest absolute Gasteiger partial charge is 0.366 e. The Morgan fingerprint density at radius 3 is 3.04 bits per heavy atom. The molecule has 0 N–H and O–H groups in total. The van der Waals surface area contributed by atoms with Gasteiger partial charge in [0.2, 0.25) is 6.79 Å². The summed E-state index contributed by atoms with van der Waals surface area (Å²) in [4.78, 5) is 12.4.